The molecule has 2 aromatic carbocycles. The van der Waals surface area contributed by atoms with Gasteiger partial charge in [-0.25, -0.2) is 4.98 Å². The third-order valence-electron chi connectivity index (χ3n) is 3.56. The van der Waals surface area contributed by atoms with E-state index in [0.717, 1.165) is 21.8 Å². The van der Waals surface area contributed by atoms with E-state index in [2.05, 4.69) is 48.3 Å². The summed E-state index contributed by atoms with van der Waals surface area (Å²) in [6, 6.07) is 18.6. The molecule has 3 rings (SSSR count). The number of rotatable bonds is 3. The van der Waals surface area contributed by atoms with E-state index in [9.17, 15) is 5.26 Å². The first-order valence-corrected chi connectivity index (χ1v) is 8.25. The topological polar surface area (TPSA) is 36.7 Å². The molecule has 1 aromatic heterocycles. The van der Waals surface area contributed by atoms with Gasteiger partial charge in [-0.3, -0.25) is 0 Å². The summed E-state index contributed by atoms with van der Waals surface area (Å²) in [4.78, 5) is 4.63. The molecule has 3 heteroatoms. The van der Waals surface area contributed by atoms with Gasteiger partial charge in [-0.2, -0.15) is 5.26 Å². The molecule has 0 atom stereocenters. The summed E-state index contributed by atoms with van der Waals surface area (Å²) in [6.07, 6.45) is 1.89. The van der Waals surface area contributed by atoms with Crippen LogP contribution in [0.1, 0.15) is 21.7 Å². The van der Waals surface area contributed by atoms with Crippen LogP contribution in [0.25, 0.3) is 22.9 Å². The Morgan fingerprint density at radius 3 is 2.57 bits per heavy atom. The van der Waals surface area contributed by atoms with Crippen LogP contribution in [0.4, 0.5) is 0 Å². The number of allylic oxidation sites excluding steroid dienone is 1. The quantitative estimate of drug-likeness (QED) is 0.599. The summed E-state index contributed by atoms with van der Waals surface area (Å²) < 4.78 is 0. The van der Waals surface area contributed by atoms with Crippen LogP contribution in [-0.4, -0.2) is 4.98 Å². The molecule has 0 N–H and O–H groups in total. The molecule has 3 aromatic rings. The number of nitriles is 1. The van der Waals surface area contributed by atoms with Crippen molar-refractivity contribution in [1.29, 1.82) is 5.26 Å². The van der Waals surface area contributed by atoms with Crippen LogP contribution < -0.4 is 0 Å². The van der Waals surface area contributed by atoms with Crippen LogP contribution in [0.3, 0.4) is 0 Å². The van der Waals surface area contributed by atoms with Gasteiger partial charge in [-0.05, 0) is 25.5 Å². The van der Waals surface area contributed by atoms with E-state index in [1.807, 2.05) is 36.6 Å². The van der Waals surface area contributed by atoms with Gasteiger partial charge in [0, 0.05) is 10.9 Å². The normalized spacial score (nSPS) is 11.3. The van der Waals surface area contributed by atoms with Crippen molar-refractivity contribution < 1.29 is 0 Å². The average Bonchev–Trinajstić information content (AvgIpc) is 3.03. The first-order valence-electron chi connectivity index (χ1n) is 7.37. The first-order chi connectivity index (χ1) is 11.2. The highest BCUT2D eigenvalue weighted by Gasteiger charge is 2.09. The Morgan fingerprint density at radius 2 is 1.87 bits per heavy atom. The Kier molecular flexibility index (Phi) is 4.36. The van der Waals surface area contributed by atoms with Gasteiger partial charge in [0.1, 0.15) is 11.1 Å². The lowest BCUT2D eigenvalue weighted by Crippen LogP contribution is -1.83. The van der Waals surface area contributed by atoms with Gasteiger partial charge in [0.2, 0.25) is 0 Å². The summed E-state index contributed by atoms with van der Waals surface area (Å²) >= 11 is 1.50. The minimum atomic E-state index is 0.596. The zero-order chi connectivity index (χ0) is 16.2. The van der Waals surface area contributed by atoms with Gasteiger partial charge in [0.05, 0.1) is 11.3 Å². The molecule has 2 nitrogen and oxygen atoms in total. The Hall–Kier alpha value is -2.70. The minimum Gasteiger partial charge on any atom is -0.235 e. The van der Waals surface area contributed by atoms with Crippen molar-refractivity contribution in [2.45, 2.75) is 13.8 Å². The molecule has 0 unspecified atom stereocenters. The van der Waals surface area contributed by atoms with E-state index in [4.69, 9.17) is 0 Å². The van der Waals surface area contributed by atoms with Crippen molar-refractivity contribution in [3.05, 3.63) is 75.6 Å². The molecule has 23 heavy (non-hydrogen) atoms. The van der Waals surface area contributed by atoms with Gasteiger partial charge in [0.25, 0.3) is 0 Å². The summed E-state index contributed by atoms with van der Waals surface area (Å²) in [5.41, 5.74) is 6.01. The number of hydrogen-bond donors (Lipinski definition) is 0. The van der Waals surface area contributed by atoms with E-state index >= 15 is 0 Å². The Morgan fingerprint density at radius 1 is 1.09 bits per heavy atom. The van der Waals surface area contributed by atoms with Crippen molar-refractivity contribution in [3.8, 4) is 17.3 Å². The van der Waals surface area contributed by atoms with Crippen LogP contribution >= 0.6 is 11.3 Å². The van der Waals surface area contributed by atoms with Crippen LogP contribution in [0.2, 0.25) is 0 Å². The van der Waals surface area contributed by atoms with Gasteiger partial charge in [0.15, 0.2) is 0 Å². The van der Waals surface area contributed by atoms with Crippen molar-refractivity contribution >= 4 is 23.0 Å². The third kappa shape index (κ3) is 3.56. The maximum absolute atomic E-state index is 9.47. The zero-order valence-electron chi connectivity index (χ0n) is 13.1. The highest BCUT2D eigenvalue weighted by molar-refractivity contribution is 7.11. The van der Waals surface area contributed by atoms with Gasteiger partial charge < -0.3 is 0 Å². The summed E-state index contributed by atoms with van der Waals surface area (Å²) in [7, 11) is 0. The standard InChI is InChI=1S/C20H16N2S/c1-14-6-8-17(9-7-14)19-13-23-20(22-19)18(12-21)11-16-5-3-4-15(2)10-16/h3-11,13H,1-2H3. The second kappa shape index (κ2) is 6.60. The number of benzene rings is 2. The van der Waals surface area contributed by atoms with E-state index in [1.54, 1.807) is 0 Å². The van der Waals surface area contributed by atoms with Crippen molar-refractivity contribution in [1.82, 2.24) is 4.98 Å². The average molecular weight is 316 g/mol. The molecule has 0 radical (unpaired) electrons. The molecule has 0 bridgehead atoms. The van der Waals surface area contributed by atoms with Crippen LogP contribution in [0.15, 0.2) is 53.9 Å². The van der Waals surface area contributed by atoms with Gasteiger partial charge >= 0.3 is 0 Å². The second-order valence-corrected chi connectivity index (χ2v) is 6.35. The first kappa shape index (κ1) is 15.2. The number of aromatic nitrogens is 1. The number of thiazole rings is 1. The maximum Gasteiger partial charge on any atom is 0.134 e. The molecular weight excluding hydrogens is 300 g/mol. The van der Waals surface area contributed by atoms with Crippen molar-refractivity contribution in [3.63, 3.8) is 0 Å². The molecule has 0 spiro atoms. The fourth-order valence-electron chi connectivity index (χ4n) is 2.32. The molecule has 1 heterocycles. The molecule has 0 aliphatic carbocycles. The zero-order valence-corrected chi connectivity index (χ0v) is 13.9. The Labute approximate surface area is 140 Å². The maximum atomic E-state index is 9.47. The minimum absolute atomic E-state index is 0.596. The monoisotopic (exact) mass is 316 g/mol. The Bertz CT molecular complexity index is 896. The molecule has 112 valence electrons. The van der Waals surface area contributed by atoms with Crippen molar-refractivity contribution in [2.24, 2.45) is 0 Å². The summed E-state index contributed by atoms with van der Waals surface area (Å²) in [5.74, 6) is 0. The smallest absolute Gasteiger partial charge is 0.134 e. The van der Waals surface area contributed by atoms with Crippen LogP contribution in [0.5, 0.6) is 0 Å². The highest BCUT2D eigenvalue weighted by atomic mass is 32.1. The molecule has 0 saturated carbocycles. The molecule has 0 aliphatic rings. The highest BCUT2D eigenvalue weighted by Crippen LogP contribution is 2.27. The Balaban J connectivity index is 1.94. The van der Waals surface area contributed by atoms with E-state index in [0.29, 0.717) is 5.57 Å². The summed E-state index contributed by atoms with van der Waals surface area (Å²) in [6.45, 7) is 4.11. The predicted octanol–water partition coefficient (Wildman–Crippen LogP) is 5.49. The predicted molar refractivity (Wildman–Crippen MR) is 97.0 cm³/mol. The molecule has 0 saturated heterocycles. The van der Waals surface area contributed by atoms with Crippen LogP contribution in [-0.2, 0) is 0 Å². The fourth-order valence-corrected chi connectivity index (χ4v) is 3.12. The molecule has 0 aliphatic heterocycles. The molecule has 0 fully saturated rings. The largest absolute Gasteiger partial charge is 0.235 e. The lowest BCUT2D eigenvalue weighted by atomic mass is 10.1. The van der Waals surface area contributed by atoms with Crippen LogP contribution in [0, 0.1) is 25.2 Å². The van der Waals surface area contributed by atoms with E-state index < -0.39 is 0 Å². The molecular formula is C20H16N2S. The number of hydrogen-bond acceptors (Lipinski definition) is 3. The van der Waals surface area contributed by atoms with Gasteiger partial charge in [-0.1, -0.05) is 59.7 Å². The van der Waals surface area contributed by atoms with E-state index in [-0.39, 0.29) is 0 Å². The lowest BCUT2D eigenvalue weighted by molar-refractivity contribution is 1.36. The summed E-state index contributed by atoms with van der Waals surface area (Å²) in [5, 5.41) is 12.2. The van der Waals surface area contributed by atoms with Gasteiger partial charge in [-0.15, -0.1) is 11.3 Å². The lowest BCUT2D eigenvalue weighted by Gasteiger charge is -1.98. The fraction of sp³-hybridized carbons (Fsp3) is 0.100. The SMILES string of the molecule is Cc1ccc(-c2csc(C(C#N)=Cc3cccc(C)c3)n2)cc1. The number of nitrogens with zero attached hydrogens (tertiary/aromatic N) is 2. The third-order valence-corrected chi connectivity index (χ3v) is 4.43. The van der Waals surface area contributed by atoms with E-state index in [1.165, 1.54) is 22.5 Å². The van der Waals surface area contributed by atoms with Crippen molar-refractivity contribution in [2.75, 3.05) is 0 Å². The second-order valence-electron chi connectivity index (χ2n) is 5.49. The number of aryl methyl sites for hydroxylation is 2. The molecule has 0 amide bonds.